The van der Waals surface area contributed by atoms with Gasteiger partial charge in [-0.2, -0.15) is 0 Å². The molecule has 3 nitrogen and oxygen atoms in total. The number of rotatable bonds is 2. The molecule has 3 heterocycles. The fraction of sp³-hybridized carbons (Fsp3) is 0.450. The zero-order chi connectivity index (χ0) is 17.4. The van der Waals surface area contributed by atoms with Gasteiger partial charge in [0.1, 0.15) is 0 Å². The van der Waals surface area contributed by atoms with E-state index in [1.165, 1.54) is 6.42 Å². The molecule has 0 atom stereocenters. The standard InChI is InChI=1S/C20H23ClN2OS.ClH/c1-14-11-17(25-18(14)15-3-2-4-16(21)12-15)19(24)23-9-6-20(7-10-23)5-8-22-13-20;/h2-4,11-12,22H,5-10,13H2,1H3;1H. The van der Waals surface area contributed by atoms with Crippen molar-refractivity contribution in [3.8, 4) is 10.4 Å². The number of halogens is 2. The summed E-state index contributed by atoms with van der Waals surface area (Å²) in [6.07, 6.45) is 3.50. The number of hydrogen-bond acceptors (Lipinski definition) is 3. The Hall–Kier alpha value is -1.07. The normalized spacial score (nSPS) is 18.8. The minimum absolute atomic E-state index is 0. The molecule has 0 aliphatic carbocycles. The maximum Gasteiger partial charge on any atom is 0.263 e. The monoisotopic (exact) mass is 410 g/mol. The van der Waals surface area contributed by atoms with Gasteiger partial charge in [-0.15, -0.1) is 23.7 Å². The van der Waals surface area contributed by atoms with Gasteiger partial charge in [-0.1, -0.05) is 23.7 Å². The Morgan fingerprint density at radius 3 is 2.65 bits per heavy atom. The molecule has 1 aromatic carbocycles. The maximum atomic E-state index is 13.0. The molecule has 26 heavy (non-hydrogen) atoms. The highest BCUT2D eigenvalue weighted by atomic mass is 35.5. The predicted octanol–water partition coefficient (Wildman–Crippen LogP) is 5.01. The van der Waals surface area contributed by atoms with Gasteiger partial charge in [0, 0.05) is 29.5 Å². The Morgan fingerprint density at radius 1 is 1.23 bits per heavy atom. The number of thiophene rings is 1. The van der Waals surface area contributed by atoms with Crippen molar-refractivity contribution in [1.29, 1.82) is 0 Å². The first-order chi connectivity index (χ1) is 12.1. The van der Waals surface area contributed by atoms with Crippen LogP contribution in [0.25, 0.3) is 10.4 Å². The molecule has 1 aromatic heterocycles. The number of amides is 1. The summed E-state index contributed by atoms with van der Waals surface area (Å²) in [6, 6.07) is 9.88. The van der Waals surface area contributed by atoms with E-state index in [0.717, 1.165) is 64.9 Å². The van der Waals surface area contributed by atoms with Gasteiger partial charge in [0.25, 0.3) is 5.91 Å². The van der Waals surface area contributed by atoms with Gasteiger partial charge in [-0.05, 0) is 67.5 Å². The molecule has 2 aliphatic rings. The molecule has 1 N–H and O–H groups in total. The molecule has 2 fully saturated rings. The second-order valence-electron chi connectivity index (χ2n) is 7.35. The quantitative estimate of drug-likeness (QED) is 0.753. The fourth-order valence-corrected chi connectivity index (χ4v) is 5.39. The van der Waals surface area contributed by atoms with Gasteiger partial charge in [0.05, 0.1) is 4.88 Å². The van der Waals surface area contributed by atoms with Gasteiger partial charge < -0.3 is 10.2 Å². The number of nitrogens with zero attached hydrogens (tertiary/aromatic N) is 1. The fourth-order valence-electron chi connectivity index (χ4n) is 4.07. The van der Waals surface area contributed by atoms with E-state index in [2.05, 4.69) is 18.3 Å². The van der Waals surface area contributed by atoms with E-state index in [-0.39, 0.29) is 18.3 Å². The van der Waals surface area contributed by atoms with Crippen LogP contribution >= 0.6 is 35.3 Å². The number of carbonyl (C=O) groups is 1. The Labute approximate surface area is 170 Å². The third kappa shape index (κ3) is 3.79. The van der Waals surface area contributed by atoms with Crippen molar-refractivity contribution >= 4 is 41.3 Å². The lowest BCUT2D eigenvalue weighted by Crippen LogP contribution is -2.43. The molecule has 0 bridgehead atoms. The highest BCUT2D eigenvalue weighted by Gasteiger charge is 2.38. The van der Waals surface area contributed by atoms with Crippen LogP contribution in [0.4, 0.5) is 0 Å². The van der Waals surface area contributed by atoms with Crippen LogP contribution in [0, 0.1) is 12.3 Å². The van der Waals surface area contributed by atoms with Crippen molar-refractivity contribution < 1.29 is 4.79 Å². The Bertz CT molecular complexity index is 789. The highest BCUT2D eigenvalue weighted by Crippen LogP contribution is 2.38. The molecule has 2 aromatic rings. The smallest absolute Gasteiger partial charge is 0.263 e. The molecule has 1 amide bonds. The van der Waals surface area contributed by atoms with Crippen molar-refractivity contribution in [2.75, 3.05) is 26.2 Å². The van der Waals surface area contributed by atoms with Crippen LogP contribution in [-0.4, -0.2) is 37.0 Å². The van der Waals surface area contributed by atoms with E-state index in [0.29, 0.717) is 5.41 Å². The van der Waals surface area contributed by atoms with Crippen molar-refractivity contribution in [3.63, 3.8) is 0 Å². The highest BCUT2D eigenvalue weighted by molar-refractivity contribution is 7.17. The van der Waals surface area contributed by atoms with Crippen molar-refractivity contribution in [1.82, 2.24) is 10.2 Å². The van der Waals surface area contributed by atoms with E-state index < -0.39 is 0 Å². The summed E-state index contributed by atoms with van der Waals surface area (Å²) in [5.41, 5.74) is 2.67. The number of aryl methyl sites for hydroxylation is 1. The number of likely N-dealkylation sites (tertiary alicyclic amines) is 1. The molecule has 0 radical (unpaired) electrons. The zero-order valence-corrected chi connectivity index (χ0v) is 17.3. The summed E-state index contributed by atoms with van der Waals surface area (Å²) in [4.78, 5) is 17.0. The number of hydrogen-bond donors (Lipinski definition) is 1. The lowest BCUT2D eigenvalue weighted by molar-refractivity contribution is 0.0612. The molecule has 0 unspecified atom stereocenters. The first kappa shape index (κ1) is 19.7. The maximum absolute atomic E-state index is 13.0. The predicted molar refractivity (Wildman–Crippen MR) is 112 cm³/mol. The number of benzene rings is 1. The largest absolute Gasteiger partial charge is 0.338 e. The van der Waals surface area contributed by atoms with Gasteiger partial charge in [-0.25, -0.2) is 0 Å². The molecule has 140 valence electrons. The van der Waals surface area contributed by atoms with Crippen LogP contribution in [0.15, 0.2) is 30.3 Å². The van der Waals surface area contributed by atoms with E-state index in [1.807, 2.05) is 29.2 Å². The summed E-state index contributed by atoms with van der Waals surface area (Å²) >= 11 is 7.71. The second-order valence-corrected chi connectivity index (χ2v) is 8.84. The first-order valence-corrected chi connectivity index (χ1v) is 10.1. The third-order valence-electron chi connectivity index (χ3n) is 5.66. The second kappa shape index (κ2) is 7.89. The number of piperidine rings is 1. The topological polar surface area (TPSA) is 32.3 Å². The molecule has 1 spiro atoms. The summed E-state index contributed by atoms with van der Waals surface area (Å²) in [5, 5.41) is 4.21. The molecular formula is C20H24Cl2N2OS. The van der Waals surface area contributed by atoms with Crippen LogP contribution in [0.5, 0.6) is 0 Å². The van der Waals surface area contributed by atoms with E-state index in [1.54, 1.807) is 11.3 Å². The van der Waals surface area contributed by atoms with Crippen LogP contribution in [0.1, 0.15) is 34.5 Å². The molecule has 0 saturated carbocycles. The average molecular weight is 411 g/mol. The van der Waals surface area contributed by atoms with Crippen LogP contribution < -0.4 is 5.32 Å². The van der Waals surface area contributed by atoms with Crippen LogP contribution in [0.2, 0.25) is 5.02 Å². The number of carbonyl (C=O) groups excluding carboxylic acids is 1. The van der Waals surface area contributed by atoms with Crippen molar-refractivity contribution in [2.24, 2.45) is 5.41 Å². The minimum Gasteiger partial charge on any atom is -0.338 e. The Kier molecular flexibility index (Phi) is 5.97. The lowest BCUT2D eigenvalue weighted by atomic mass is 9.78. The molecule has 2 saturated heterocycles. The summed E-state index contributed by atoms with van der Waals surface area (Å²) < 4.78 is 0. The van der Waals surface area contributed by atoms with E-state index in [4.69, 9.17) is 11.6 Å². The Morgan fingerprint density at radius 2 is 2.00 bits per heavy atom. The molecular weight excluding hydrogens is 387 g/mol. The van der Waals surface area contributed by atoms with E-state index >= 15 is 0 Å². The minimum atomic E-state index is 0. The van der Waals surface area contributed by atoms with Gasteiger partial charge in [-0.3, -0.25) is 4.79 Å². The average Bonchev–Trinajstić information content (AvgIpc) is 3.22. The molecule has 2 aliphatic heterocycles. The van der Waals surface area contributed by atoms with Gasteiger partial charge in [0.15, 0.2) is 0 Å². The van der Waals surface area contributed by atoms with Crippen molar-refractivity contribution in [3.05, 3.63) is 45.8 Å². The summed E-state index contributed by atoms with van der Waals surface area (Å²) in [5.74, 6) is 0.183. The third-order valence-corrected chi connectivity index (χ3v) is 7.17. The lowest BCUT2D eigenvalue weighted by Gasteiger charge is -2.38. The van der Waals surface area contributed by atoms with Crippen LogP contribution in [-0.2, 0) is 0 Å². The zero-order valence-electron chi connectivity index (χ0n) is 14.9. The summed E-state index contributed by atoms with van der Waals surface area (Å²) in [6.45, 7) is 6.07. The SMILES string of the molecule is Cc1cc(C(=O)N2CCC3(CCNC3)CC2)sc1-c1cccc(Cl)c1.Cl. The van der Waals surface area contributed by atoms with E-state index in [9.17, 15) is 4.79 Å². The number of nitrogens with one attached hydrogen (secondary N) is 1. The van der Waals surface area contributed by atoms with Crippen LogP contribution in [0.3, 0.4) is 0 Å². The first-order valence-electron chi connectivity index (χ1n) is 8.93. The molecule has 4 rings (SSSR count). The van der Waals surface area contributed by atoms with Gasteiger partial charge >= 0.3 is 0 Å². The van der Waals surface area contributed by atoms with Crippen molar-refractivity contribution in [2.45, 2.75) is 26.2 Å². The molecule has 6 heteroatoms. The van der Waals surface area contributed by atoms with Gasteiger partial charge in [0.2, 0.25) is 0 Å². The Balaban J connectivity index is 0.00000196. The summed E-state index contributed by atoms with van der Waals surface area (Å²) in [7, 11) is 0.